The van der Waals surface area contributed by atoms with Crippen molar-refractivity contribution in [2.45, 2.75) is 69.3 Å². The molecule has 0 aliphatic heterocycles. The van der Waals surface area contributed by atoms with Crippen LogP contribution in [-0.4, -0.2) is 32.2 Å². The number of carbonyl (C=O) groups excluding carboxylic acids is 1. The van der Waals surface area contributed by atoms with Crippen LogP contribution in [0, 0.1) is 5.92 Å². The summed E-state index contributed by atoms with van der Waals surface area (Å²) >= 11 is 1.60. The predicted molar refractivity (Wildman–Crippen MR) is 138 cm³/mol. The van der Waals surface area contributed by atoms with Crippen molar-refractivity contribution in [2.75, 3.05) is 6.54 Å². The van der Waals surface area contributed by atoms with E-state index in [2.05, 4.69) is 78.8 Å². The molecule has 0 radical (unpaired) electrons. The predicted octanol–water partition coefficient (Wildman–Crippen LogP) is 7.02. The van der Waals surface area contributed by atoms with E-state index in [1.54, 1.807) is 18.0 Å². The number of hydrogen-bond donors (Lipinski definition) is 0. The maximum absolute atomic E-state index is 14.2. The van der Waals surface area contributed by atoms with E-state index in [0.29, 0.717) is 5.92 Å². The number of pyridine rings is 1. The molecule has 0 aliphatic carbocycles. The minimum absolute atomic E-state index is 0.0177. The third-order valence-electron chi connectivity index (χ3n) is 5.93. The molecule has 0 fully saturated rings. The molecule has 3 aromatic rings. The first-order valence-electron chi connectivity index (χ1n) is 12.0. The quantitative estimate of drug-likeness (QED) is 0.271. The Labute approximate surface area is 203 Å². The largest absolute Gasteiger partial charge is 0.351 e. The van der Waals surface area contributed by atoms with Gasteiger partial charge in [-0.15, -0.1) is 0 Å². The van der Waals surface area contributed by atoms with Crippen LogP contribution in [0.15, 0.2) is 84.3 Å². The van der Waals surface area contributed by atoms with Crippen LogP contribution in [0.1, 0.15) is 64.6 Å². The maximum Gasteiger partial charge on any atom is 0.236 e. The van der Waals surface area contributed by atoms with Gasteiger partial charge in [0.1, 0.15) is 0 Å². The van der Waals surface area contributed by atoms with Gasteiger partial charge in [-0.25, -0.2) is 4.98 Å². The lowest BCUT2D eigenvalue weighted by Crippen LogP contribution is -2.42. The van der Waals surface area contributed by atoms with Gasteiger partial charge < -0.3 is 9.47 Å². The molecule has 1 amide bonds. The topological polar surface area (TPSA) is 38.1 Å². The Kier molecular flexibility index (Phi) is 9.61. The Balaban J connectivity index is 1.92. The zero-order chi connectivity index (χ0) is 23.6. The highest BCUT2D eigenvalue weighted by Gasteiger charge is 2.32. The van der Waals surface area contributed by atoms with Gasteiger partial charge in [-0.05, 0) is 55.5 Å². The minimum atomic E-state index is -0.205. The third kappa shape index (κ3) is 7.23. The molecule has 0 saturated carbocycles. The summed E-state index contributed by atoms with van der Waals surface area (Å²) in [6.45, 7) is 9.45. The molecule has 33 heavy (non-hydrogen) atoms. The van der Waals surface area contributed by atoms with Crippen LogP contribution < -0.4 is 0 Å². The van der Waals surface area contributed by atoms with E-state index in [1.807, 2.05) is 36.4 Å². The number of benzene rings is 1. The van der Waals surface area contributed by atoms with Crippen LogP contribution in [0.25, 0.3) is 0 Å². The number of rotatable bonds is 12. The second kappa shape index (κ2) is 12.6. The molecule has 0 aliphatic rings. The summed E-state index contributed by atoms with van der Waals surface area (Å²) in [7, 11) is 0. The molecule has 2 aromatic heterocycles. The van der Waals surface area contributed by atoms with Crippen molar-refractivity contribution in [3.05, 3.63) is 84.8 Å². The number of carbonyl (C=O) groups is 1. The first-order chi connectivity index (χ1) is 16.0. The van der Waals surface area contributed by atoms with Gasteiger partial charge in [0.15, 0.2) is 0 Å². The van der Waals surface area contributed by atoms with Gasteiger partial charge in [0, 0.05) is 31.2 Å². The van der Waals surface area contributed by atoms with Crippen molar-refractivity contribution < 1.29 is 4.79 Å². The number of aromatic nitrogens is 2. The Bertz CT molecular complexity index is 944. The normalized spacial score (nSPS) is 14.1. The average molecular weight is 464 g/mol. The summed E-state index contributed by atoms with van der Waals surface area (Å²) < 4.78 is 2.26. The number of thioether (sulfide) groups is 1. The lowest BCUT2D eigenvalue weighted by atomic mass is 10.0. The molecular formula is C28H37N3OS. The Hall–Kier alpha value is -2.53. The van der Waals surface area contributed by atoms with Crippen LogP contribution in [-0.2, 0) is 4.79 Å². The lowest BCUT2D eigenvalue weighted by Gasteiger charge is -2.35. The number of hydrogen-bond acceptors (Lipinski definition) is 3. The maximum atomic E-state index is 14.2. The van der Waals surface area contributed by atoms with E-state index in [-0.39, 0.29) is 23.2 Å². The van der Waals surface area contributed by atoms with Crippen LogP contribution in [0.4, 0.5) is 0 Å². The van der Waals surface area contributed by atoms with E-state index >= 15 is 0 Å². The molecule has 176 valence electrons. The van der Waals surface area contributed by atoms with Crippen molar-refractivity contribution in [3.63, 3.8) is 0 Å². The summed E-state index contributed by atoms with van der Waals surface area (Å²) in [6, 6.07) is 20.7. The smallest absolute Gasteiger partial charge is 0.236 e. The second-order valence-corrected chi connectivity index (χ2v) is 10.3. The van der Waals surface area contributed by atoms with Crippen molar-refractivity contribution in [1.82, 2.24) is 14.5 Å². The van der Waals surface area contributed by atoms with Crippen LogP contribution in [0.3, 0.4) is 0 Å². The standard InChI is InChI=1S/C28H37N3OS/c1-5-13-25(30-18-11-12-19-30)20-26(33-27-16-9-10-17-29-27)28(32)31(21-22(2)3)23(4)24-14-7-6-8-15-24/h6-12,14-19,22-23,25-26H,5,13,20-21H2,1-4H3/t23-,25-,26-/m0/s1. The summed E-state index contributed by atoms with van der Waals surface area (Å²) in [5.41, 5.74) is 1.17. The van der Waals surface area contributed by atoms with Gasteiger partial charge in [-0.3, -0.25) is 4.79 Å². The van der Waals surface area contributed by atoms with Crippen molar-refractivity contribution >= 4 is 17.7 Å². The molecule has 0 spiro atoms. The first-order valence-corrected chi connectivity index (χ1v) is 12.9. The molecule has 3 rings (SSSR count). The van der Waals surface area contributed by atoms with Crippen molar-refractivity contribution in [1.29, 1.82) is 0 Å². The molecule has 0 N–H and O–H groups in total. The van der Waals surface area contributed by atoms with Gasteiger partial charge >= 0.3 is 0 Å². The number of nitrogens with zero attached hydrogens (tertiary/aromatic N) is 3. The molecule has 5 heteroatoms. The SMILES string of the molecule is CCC[C@@H](C[C@H](Sc1ccccn1)C(=O)N(CC(C)C)[C@@H](C)c1ccccc1)n1cccc1. The van der Waals surface area contributed by atoms with Crippen LogP contribution >= 0.6 is 11.8 Å². The molecule has 0 bridgehead atoms. The monoisotopic (exact) mass is 463 g/mol. The zero-order valence-electron chi connectivity index (χ0n) is 20.3. The molecule has 4 nitrogen and oxygen atoms in total. The van der Waals surface area contributed by atoms with Gasteiger partial charge in [0.2, 0.25) is 5.91 Å². The van der Waals surface area contributed by atoms with Crippen LogP contribution in [0.5, 0.6) is 0 Å². The summed E-state index contributed by atoms with van der Waals surface area (Å²) in [5.74, 6) is 0.584. The molecular weight excluding hydrogens is 426 g/mol. The third-order valence-corrected chi connectivity index (χ3v) is 7.09. The minimum Gasteiger partial charge on any atom is -0.351 e. The van der Waals surface area contributed by atoms with E-state index in [9.17, 15) is 4.79 Å². The molecule has 2 heterocycles. The lowest BCUT2D eigenvalue weighted by molar-refractivity contribution is -0.133. The highest BCUT2D eigenvalue weighted by atomic mass is 32.2. The first kappa shape index (κ1) is 25.1. The second-order valence-electron chi connectivity index (χ2n) is 9.05. The Morgan fingerprint density at radius 3 is 2.30 bits per heavy atom. The van der Waals surface area contributed by atoms with Gasteiger partial charge in [-0.2, -0.15) is 0 Å². The van der Waals surface area contributed by atoms with E-state index < -0.39 is 0 Å². The highest BCUT2D eigenvalue weighted by Crippen LogP contribution is 2.34. The Morgan fingerprint density at radius 2 is 1.70 bits per heavy atom. The van der Waals surface area contributed by atoms with E-state index in [0.717, 1.165) is 30.8 Å². The fourth-order valence-corrected chi connectivity index (χ4v) is 5.38. The van der Waals surface area contributed by atoms with Crippen LogP contribution in [0.2, 0.25) is 0 Å². The van der Waals surface area contributed by atoms with E-state index in [4.69, 9.17) is 0 Å². The summed E-state index contributed by atoms with van der Waals surface area (Å²) in [5, 5.41) is 0.694. The van der Waals surface area contributed by atoms with Gasteiger partial charge in [-0.1, -0.05) is 75.4 Å². The molecule has 1 aromatic carbocycles. The fourth-order valence-electron chi connectivity index (χ4n) is 4.25. The molecule has 0 saturated heterocycles. The van der Waals surface area contributed by atoms with Gasteiger partial charge in [0.25, 0.3) is 0 Å². The summed E-state index contributed by atoms with van der Waals surface area (Å²) in [4.78, 5) is 20.8. The Morgan fingerprint density at radius 1 is 1.00 bits per heavy atom. The molecule has 0 unspecified atom stereocenters. The number of amides is 1. The van der Waals surface area contributed by atoms with Gasteiger partial charge in [0.05, 0.1) is 16.3 Å². The average Bonchev–Trinajstić information content (AvgIpc) is 3.37. The van der Waals surface area contributed by atoms with Crippen molar-refractivity contribution in [2.24, 2.45) is 5.92 Å². The van der Waals surface area contributed by atoms with E-state index in [1.165, 1.54) is 5.56 Å². The zero-order valence-corrected chi connectivity index (χ0v) is 21.1. The molecule has 3 atom stereocenters. The highest BCUT2D eigenvalue weighted by molar-refractivity contribution is 8.00. The fraction of sp³-hybridized carbons (Fsp3) is 0.429. The summed E-state index contributed by atoms with van der Waals surface area (Å²) in [6.07, 6.45) is 8.93. The van der Waals surface area contributed by atoms with Crippen molar-refractivity contribution in [3.8, 4) is 0 Å².